The maximum Gasteiger partial charge on any atom is 0.305 e. The van der Waals surface area contributed by atoms with Crippen molar-refractivity contribution in [2.24, 2.45) is 11.7 Å². The minimum absolute atomic E-state index is 0.0704. The number of rotatable bonds is 25. The van der Waals surface area contributed by atoms with Gasteiger partial charge in [0.1, 0.15) is 84.3 Å². The van der Waals surface area contributed by atoms with Crippen LogP contribution in [-0.2, 0) is 118 Å². The number of carboxylic acid groups (broad SMARTS) is 3. The summed E-state index contributed by atoms with van der Waals surface area (Å²) in [5.74, 6) is -26.6. The molecule has 40 nitrogen and oxygen atoms in total. The van der Waals surface area contributed by atoms with Crippen molar-refractivity contribution in [2.75, 3.05) is 52.3 Å². The van der Waals surface area contributed by atoms with Gasteiger partial charge < -0.3 is 114 Å². The highest BCUT2D eigenvalue weighted by Crippen LogP contribution is 2.29. The van der Waals surface area contributed by atoms with Crippen molar-refractivity contribution in [1.29, 1.82) is 0 Å². The Hall–Kier alpha value is -14.0. The molecular weight excluding hydrogens is 1780 g/mol. The van der Waals surface area contributed by atoms with Crippen LogP contribution in [0.1, 0.15) is 113 Å². The molecule has 43 heteroatoms. The van der Waals surface area contributed by atoms with Gasteiger partial charge in [0.05, 0.1) is 30.9 Å². The second-order valence-corrected chi connectivity index (χ2v) is 35.0. The van der Waals surface area contributed by atoms with E-state index in [-0.39, 0.29) is 42.6 Å². The molecule has 3 aliphatic heterocycles. The number of H-pyrrole nitrogens is 1. The Morgan fingerprint density at radius 2 is 0.985 bits per heavy atom. The maximum absolute atomic E-state index is 15.7. The number of thioether (sulfide) groups is 1. The number of benzene rings is 5. The number of carboxylic acids is 3. The number of hydrogen-bond acceptors (Lipinski definition) is 22. The Balaban J connectivity index is 1.15. The molecule has 1 aromatic heterocycles. The van der Waals surface area contributed by atoms with Crippen LogP contribution >= 0.6 is 11.8 Å². The first-order chi connectivity index (χ1) is 64.1. The number of aromatic amines is 1. The number of hydrogen-bond donors (Lipinski definition) is 17. The number of aromatic nitrogens is 1. The number of carbonyl (C=O) groups excluding carboxylic acids is 15. The van der Waals surface area contributed by atoms with E-state index < -0.39 is 310 Å². The van der Waals surface area contributed by atoms with E-state index in [0.717, 1.165) is 49.7 Å². The molecule has 0 bridgehead atoms. The lowest BCUT2D eigenvalue weighted by atomic mass is 9.98. The number of phenols is 1. The van der Waals surface area contributed by atoms with Gasteiger partial charge in [-0.25, -0.2) is 8.78 Å². The van der Waals surface area contributed by atoms with Gasteiger partial charge in [-0.1, -0.05) is 131 Å². The summed E-state index contributed by atoms with van der Waals surface area (Å²) in [5.41, 5.74) is 7.32. The number of fused-ring (bicyclic) bond motifs is 3. The van der Waals surface area contributed by atoms with Crippen LogP contribution in [0.3, 0.4) is 0 Å². The number of aliphatic hydroxyl groups is 2. The molecule has 0 spiro atoms. The van der Waals surface area contributed by atoms with Crippen molar-refractivity contribution in [3.05, 3.63) is 173 Å². The first kappa shape index (κ1) is 105. The SMILES string of the molecule is CCCC[C@H]1C(=O)N2C[C@H](O)C[C@@H]2C(=O)N[C@@H](CC(=O)O)C(=O)N[C@@H](C(C)C)C(=O)N(C)[C@@H](Cc2ccccc2)C(=O)N[C@@H](CCC(=O)O)C(=O)N2C[C@H](O)C[C@@H]2C(=O)N[C@@H](Cc2c[nH]c3ccccc23)C(=O)N[C@@H](Cc2ccc(O)cc2)C(=O)N[C@H](CCC(=O)O)C(=O)N[C@H](C(=O)NCC(N)=O)CSCC(=O)N[C@H](Cc2ccc(F)c(F)c2)C(=O)N(C)[C@@H](Cc2ccccc2)C(=O)N1C. The summed E-state index contributed by atoms with van der Waals surface area (Å²) in [4.78, 5) is 270. The first-order valence-electron chi connectivity index (χ1n) is 43.9. The molecule has 0 radical (unpaired) electrons. The van der Waals surface area contributed by atoms with Crippen LogP contribution in [0, 0.1) is 17.6 Å². The highest BCUT2D eigenvalue weighted by molar-refractivity contribution is 8.00. The van der Waals surface area contributed by atoms with Crippen LogP contribution in [0.25, 0.3) is 10.9 Å². The maximum atomic E-state index is 15.7. The average Bonchev–Trinajstić information content (AvgIpc) is 1.77. The number of nitrogens with zero attached hydrogens (tertiary/aromatic N) is 5. The van der Waals surface area contributed by atoms with Gasteiger partial charge in [0.15, 0.2) is 11.6 Å². The molecule has 3 fully saturated rings. The Bertz CT molecular complexity index is 5310. The van der Waals surface area contributed by atoms with Crippen LogP contribution in [-0.4, -0.2) is 310 Å². The van der Waals surface area contributed by atoms with Crippen molar-refractivity contribution in [3.8, 4) is 5.75 Å². The zero-order valence-electron chi connectivity index (χ0n) is 75.1. The fraction of sp³-hybridized carbons (Fsp3) is 0.457. The monoisotopic (exact) mass is 1900 g/mol. The molecule has 0 saturated carbocycles. The largest absolute Gasteiger partial charge is 0.508 e. The van der Waals surface area contributed by atoms with Gasteiger partial charge in [-0.15, -0.1) is 11.8 Å². The number of nitrogens with one attached hydrogen (secondary N) is 10. The number of halogens is 2. The summed E-state index contributed by atoms with van der Waals surface area (Å²) < 4.78 is 29.8. The van der Waals surface area contributed by atoms with Gasteiger partial charge in [-0.3, -0.25) is 86.3 Å². The van der Waals surface area contributed by atoms with Crippen molar-refractivity contribution in [3.63, 3.8) is 0 Å². The minimum Gasteiger partial charge on any atom is -0.508 e. The van der Waals surface area contributed by atoms with Gasteiger partial charge in [0.2, 0.25) is 88.6 Å². The number of aliphatic hydroxyl groups excluding tert-OH is 2. The van der Waals surface area contributed by atoms with E-state index in [1.807, 2.05) is 0 Å². The average molecular weight is 1900 g/mol. The van der Waals surface area contributed by atoms with Crippen molar-refractivity contribution < 1.29 is 126 Å². The Morgan fingerprint density at radius 1 is 0.489 bits per heavy atom. The molecule has 15 atom stereocenters. The molecule has 726 valence electrons. The van der Waals surface area contributed by atoms with E-state index in [4.69, 9.17) is 5.73 Å². The number of carbonyl (C=O) groups is 18. The summed E-state index contributed by atoms with van der Waals surface area (Å²) in [6.07, 6.45) is -8.57. The smallest absolute Gasteiger partial charge is 0.305 e. The van der Waals surface area contributed by atoms with Crippen molar-refractivity contribution in [1.82, 2.24) is 77.3 Å². The zero-order chi connectivity index (χ0) is 98.8. The van der Waals surface area contributed by atoms with Crippen LogP contribution in [0.2, 0.25) is 0 Å². The van der Waals surface area contributed by atoms with E-state index in [1.54, 1.807) is 91.9 Å². The lowest BCUT2D eigenvalue weighted by Crippen LogP contribution is -2.62. The Labute approximate surface area is 779 Å². The van der Waals surface area contributed by atoms with Crippen LogP contribution in [0.4, 0.5) is 8.78 Å². The molecule has 6 aromatic rings. The van der Waals surface area contributed by atoms with Crippen molar-refractivity contribution in [2.45, 2.75) is 208 Å². The summed E-state index contributed by atoms with van der Waals surface area (Å²) in [5, 5.41) is 86.8. The Morgan fingerprint density at radius 3 is 1.56 bits per heavy atom. The number of aliphatic carboxylic acids is 3. The zero-order valence-corrected chi connectivity index (χ0v) is 75.9. The second kappa shape index (κ2) is 49.1. The number of likely N-dealkylation sites (N-methyl/N-ethyl adjacent to an activating group) is 3. The first-order valence-corrected chi connectivity index (χ1v) is 45.1. The lowest BCUT2D eigenvalue weighted by Gasteiger charge is -2.38. The topological polar surface area (TPSA) is 595 Å². The number of para-hydroxylation sites is 1. The third kappa shape index (κ3) is 29.5. The highest BCUT2D eigenvalue weighted by Gasteiger charge is 2.48. The van der Waals surface area contributed by atoms with Gasteiger partial charge in [0, 0.05) is 115 Å². The molecule has 3 aliphatic rings. The van der Waals surface area contributed by atoms with Crippen LogP contribution in [0.5, 0.6) is 5.75 Å². The van der Waals surface area contributed by atoms with E-state index in [9.17, 15) is 78.2 Å². The van der Waals surface area contributed by atoms with Crippen LogP contribution < -0.4 is 53.6 Å². The summed E-state index contributed by atoms with van der Waals surface area (Å²) in [6.45, 7) is 2.65. The predicted octanol–water partition coefficient (Wildman–Crippen LogP) is -0.653. The van der Waals surface area contributed by atoms with Gasteiger partial charge >= 0.3 is 17.9 Å². The third-order valence-corrected chi connectivity index (χ3v) is 24.6. The molecule has 0 unspecified atom stereocenters. The fourth-order valence-corrected chi connectivity index (χ4v) is 17.1. The molecule has 5 aromatic carbocycles. The molecule has 15 amide bonds. The van der Waals surface area contributed by atoms with Gasteiger partial charge in [-0.05, 0) is 83.3 Å². The number of nitrogens with two attached hydrogens (primary N) is 1. The molecule has 3 saturated heterocycles. The van der Waals surface area contributed by atoms with E-state index in [2.05, 4.69) is 52.8 Å². The quantitative estimate of drug-likeness (QED) is 0.0338. The van der Waals surface area contributed by atoms with Gasteiger partial charge in [-0.2, -0.15) is 0 Å². The minimum atomic E-state index is -2.07. The van der Waals surface area contributed by atoms with E-state index >= 15 is 47.5 Å². The predicted molar refractivity (Wildman–Crippen MR) is 481 cm³/mol. The number of amides is 15. The highest BCUT2D eigenvalue weighted by atomic mass is 32.2. The van der Waals surface area contributed by atoms with E-state index in [1.165, 1.54) is 58.4 Å². The normalized spacial score (nSPS) is 24.4. The molecule has 135 heavy (non-hydrogen) atoms. The Kier molecular flexibility index (Phi) is 38.1. The second-order valence-electron chi connectivity index (χ2n) is 34.0. The number of unbranched alkanes of at least 4 members (excludes halogenated alkanes) is 1. The lowest BCUT2D eigenvalue weighted by molar-refractivity contribution is -0.152. The van der Waals surface area contributed by atoms with Gasteiger partial charge in [0.25, 0.3) is 0 Å². The van der Waals surface area contributed by atoms with Crippen molar-refractivity contribution >= 4 is 129 Å². The molecule has 9 rings (SSSR count). The fourth-order valence-electron chi connectivity index (χ4n) is 16.2. The molecule has 18 N–H and O–H groups in total. The molecular formula is C92H114F2N16O24S. The standard InChI is InChI=1S/C92H114F2N16O24S/c1-7-8-23-69-91(133)110-46-57(113)41-72(110)87(129)103-66(42-78(120)121)84(126)105-79(49(2)3)92(134)107(5)70(37-50-17-11-9-12-18-50)85(127)100-63(31-33-77(118)119)89(131)109-45-56(112)40-71(109)86(128)102-65(39-54-43-96-61-22-16-15-21-58(54)61)83(125)101-64(35-52-24-27-55(111)28-25-52)82(124)99-62(30-32-76(116)117)81(123)104-68(80(122)97-44-74(95)114)47-135-48-75(115)98-67(36-53-26-29-59(93)60(94)34-53)88(130)108(6)73(90(132)106(69)4)38-51-19-13-10-14-20-51/h9-22,24-29,34,43,49,56-57,62-73,79,96,111-113H,7-8,23,30-33,35-42,44-48H2,1-6H3,(H2,95,114)(H,97,122)(H,98,115)(H,99,124)(H,100,127)(H,101,125)(H,102,128)(H,103,129)(H,104,123)(H,105,126)(H,116,117)(H,118,119)(H,120,121)/t56-,57-,62-,63+,64+,65+,66+,67-,68+,69+,70+,71-,72-,73+,79+/m1/s1. The third-order valence-electron chi connectivity index (χ3n) is 23.6. The summed E-state index contributed by atoms with van der Waals surface area (Å²) in [7, 11) is 3.59. The van der Waals surface area contributed by atoms with E-state index in [0.29, 0.717) is 45.8 Å². The summed E-state index contributed by atoms with van der Waals surface area (Å²) >= 11 is 0.607. The molecule has 4 heterocycles. The number of primary amides is 1. The van der Waals surface area contributed by atoms with Crippen LogP contribution in [0.15, 0.2) is 134 Å². The summed E-state index contributed by atoms with van der Waals surface area (Å²) in [6, 6.07) is 7.46. The number of aromatic hydroxyl groups is 1. The number of phenolic OH excluding ortho intramolecular Hbond substituents is 1. The molecule has 0 aliphatic carbocycles.